The minimum Gasteiger partial charge on any atom is -0.444 e. The van der Waals surface area contributed by atoms with Crippen molar-refractivity contribution in [2.45, 2.75) is 77.4 Å². The quantitative estimate of drug-likeness (QED) is 0.741. The number of hydrogen-bond donors (Lipinski definition) is 0. The molecule has 1 saturated carbocycles. The zero-order valence-electron chi connectivity index (χ0n) is 17.4. The van der Waals surface area contributed by atoms with Crippen LogP contribution in [0.5, 0.6) is 0 Å². The van der Waals surface area contributed by atoms with Crippen LogP contribution >= 0.6 is 0 Å². The lowest BCUT2D eigenvalue weighted by Gasteiger charge is -2.36. The Morgan fingerprint density at radius 3 is 2.59 bits per heavy atom. The van der Waals surface area contributed by atoms with E-state index in [2.05, 4.69) is 9.84 Å². The van der Waals surface area contributed by atoms with Gasteiger partial charge in [0.25, 0.3) is 5.91 Å². The maximum absolute atomic E-state index is 13.1. The van der Waals surface area contributed by atoms with Crippen LogP contribution in [0.1, 0.15) is 56.6 Å². The van der Waals surface area contributed by atoms with Gasteiger partial charge in [-0.3, -0.25) is 14.4 Å². The second kappa shape index (κ2) is 7.55. The zero-order valence-corrected chi connectivity index (χ0v) is 17.4. The number of amides is 2. The third-order valence-electron chi connectivity index (χ3n) is 5.42. The number of hydrogen-bond acceptors (Lipinski definition) is 5. The molecule has 0 radical (unpaired) electrons. The summed E-state index contributed by atoms with van der Waals surface area (Å²) in [5.74, 6) is -0.319. The van der Waals surface area contributed by atoms with Crippen molar-refractivity contribution in [1.29, 1.82) is 0 Å². The molecule has 10 heteroatoms. The SMILES string of the molecule is CC1Cn2ncc(C(=O)N(C)C3(COC(F)F)CC3)c2CN1C(=O)OC(C)(C)C. The van der Waals surface area contributed by atoms with Crippen LogP contribution in [0, 0.1) is 0 Å². The molecule has 2 heterocycles. The topological polar surface area (TPSA) is 76.9 Å². The molecule has 0 aromatic carbocycles. The molecule has 1 atom stereocenters. The van der Waals surface area contributed by atoms with E-state index in [-0.39, 0.29) is 25.1 Å². The van der Waals surface area contributed by atoms with Gasteiger partial charge >= 0.3 is 12.7 Å². The molecule has 1 aromatic heterocycles. The number of rotatable bonds is 5. The third kappa shape index (κ3) is 4.52. The van der Waals surface area contributed by atoms with Gasteiger partial charge in [-0.05, 0) is 40.5 Å². The summed E-state index contributed by atoms with van der Waals surface area (Å²) in [5.41, 5.74) is -0.376. The van der Waals surface area contributed by atoms with Gasteiger partial charge in [0.1, 0.15) is 5.60 Å². The fraction of sp³-hybridized carbons (Fsp3) is 0.737. The van der Waals surface area contributed by atoms with Crippen LogP contribution in [0.15, 0.2) is 6.20 Å². The number of likely N-dealkylation sites (N-methyl/N-ethyl adjacent to an activating group) is 1. The third-order valence-corrected chi connectivity index (χ3v) is 5.42. The minimum atomic E-state index is -2.87. The summed E-state index contributed by atoms with van der Waals surface area (Å²) in [4.78, 5) is 28.7. The average Bonchev–Trinajstić information content (AvgIpc) is 3.30. The Bertz CT molecular complexity index is 786. The molecule has 8 nitrogen and oxygen atoms in total. The summed E-state index contributed by atoms with van der Waals surface area (Å²) >= 11 is 0. The second-order valence-electron chi connectivity index (χ2n) is 8.80. The highest BCUT2D eigenvalue weighted by molar-refractivity contribution is 5.96. The summed E-state index contributed by atoms with van der Waals surface area (Å²) in [6, 6.07) is -0.146. The predicted octanol–water partition coefficient (Wildman–Crippen LogP) is 2.87. The highest BCUT2D eigenvalue weighted by atomic mass is 19.3. The van der Waals surface area contributed by atoms with Gasteiger partial charge in [-0.1, -0.05) is 0 Å². The molecule has 3 rings (SSSR count). The van der Waals surface area contributed by atoms with E-state index in [1.54, 1.807) is 37.4 Å². The Kier molecular flexibility index (Phi) is 5.59. The minimum absolute atomic E-state index is 0.146. The number of ether oxygens (including phenoxy) is 2. The number of alkyl halides is 2. The Labute approximate surface area is 168 Å². The summed E-state index contributed by atoms with van der Waals surface area (Å²) in [6.07, 6.45) is 2.23. The zero-order chi connectivity index (χ0) is 21.6. The molecule has 1 aromatic rings. The molecule has 1 unspecified atom stereocenters. The molecule has 2 amide bonds. The summed E-state index contributed by atoms with van der Waals surface area (Å²) in [7, 11) is 1.59. The van der Waals surface area contributed by atoms with Crippen molar-refractivity contribution in [1.82, 2.24) is 19.6 Å². The maximum atomic E-state index is 13.1. The van der Waals surface area contributed by atoms with Gasteiger partial charge in [0, 0.05) is 7.05 Å². The van der Waals surface area contributed by atoms with Gasteiger partial charge < -0.3 is 14.4 Å². The molecule has 1 aliphatic carbocycles. The highest BCUT2D eigenvalue weighted by Crippen LogP contribution is 2.42. The molecule has 1 fully saturated rings. The monoisotopic (exact) mass is 414 g/mol. The normalized spacial score (nSPS) is 20.4. The van der Waals surface area contributed by atoms with Crippen molar-refractivity contribution in [2.75, 3.05) is 13.7 Å². The number of nitrogens with zero attached hydrogens (tertiary/aromatic N) is 4. The van der Waals surface area contributed by atoms with Crippen molar-refractivity contribution in [3.63, 3.8) is 0 Å². The molecular formula is C19H28F2N4O4. The predicted molar refractivity (Wildman–Crippen MR) is 99.5 cm³/mol. The van der Waals surface area contributed by atoms with Crippen molar-refractivity contribution < 1.29 is 27.8 Å². The van der Waals surface area contributed by atoms with Gasteiger partial charge in [0.15, 0.2) is 0 Å². The van der Waals surface area contributed by atoms with Crippen LogP contribution in [-0.2, 0) is 22.6 Å². The summed E-state index contributed by atoms with van der Waals surface area (Å²) < 4.78 is 36.5. The molecular weight excluding hydrogens is 386 g/mol. The molecule has 162 valence electrons. The molecule has 0 N–H and O–H groups in total. The lowest BCUT2D eigenvalue weighted by molar-refractivity contribution is -0.141. The van der Waals surface area contributed by atoms with Gasteiger partial charge in [-0.25, -0.2) is 4.79 Å². The molecule has 1 aliphatic heterocycles. The molecule has 2 aliphatic rings. The number of fused-ring (bicyclic) bond motifs is 1. The van der Waals surface area contributed by atoms with E-state index in [0.717, 1.165) is 0 Å². The van der Waals surface area contributed by atoms with E-state index in [4.69, 9.17) is 4.74 Å². The van der Waals surface area contributed by atoms with Crippen molar-refractivity contribution >= 4 is 12.0 Å². The number of carbonyl (C=O) groups is 2. The first-order valence-electron chi connectivity index (χ1n) is 9.66. The van der Waals surface area contributed by atoms with Gasteiger partial charge in [-0.15, -0.1) is 0 Å². The first-order valence-corrected chi connectivity index (χ1v) is 9.66. The van der Waals surface area contributed by atoms with Crippen molar-refractivity contribution in [3.05, 3.63) is 17.5 Å². The maximum Gasteiger partial charge on any atom is 0.410 e. The Hall–Kier alpha value is -2.23. The standard InChI is InChI=1S/C19H28F2N4O4/c1-12-9-25-14(10-24(12)17(27)29-18(2,3)4)13(8-22-25)15(26)23(5)19(6-7-19)11-28-16(20)21/h8,12,16H,6-7,9-11H2,1-5H3. The first-order chi connectivity index (χ1) is 13.4. The van der Waals surface area contributed by atoms with Crippen molar-refractivity contribution in [3.8, 4) is 0 Å². The lowest BCUT2D eigenvalue weighted by atomic mass is 10.1. The van der Waals surface area contributed by atoms with E-state index in [1.165, 1.54) is 11.1 Å². The molecule has 0 spiro atoms. The van der Waals surface area contributed by atoms with Crippen LogP contribution in [0.4, 0.5) is 13.6 Å². The van der Waals surface area contributed by atoms with Crippen LogP contribution < -0.4 is 0 Å². The smallest absolute Gasteiger partial charge is 0.410 e. The van der Waals surface area contributed by atoms with Crippen LogP contribution in [-0.4, -0.2) is 69.0 Å². The van der Waals surface area contributed by atoms with Crippen LogP contribution in [0.2, 0.25) is 0 Å². The largest absolute Gasteiger partial charge is 0.444 e. The van der Waals surface area contributed by atoms with Gasteiger partial charge in [0.2, 0.25) is 0 Å². The van der Waals surface area contributed by atoms with Crippen LogP contribution in [0.3, 0.4) is 0 Å². The molecule has 0 saturated heterocycles. The van der Waals surface area contributed by atoms with E-state index in [1.807, 2.05) is 6.92 Å². The Morgan fingerprint density at radius 1 is 1.38 bits per heavy atom. The average molecular weight is 414 g/mol. The summed E-state index contributed by atoms with van der Waals surface area (Å²) in [6.45, 7) is 4.82. The second-order valence-corrected chi connectivity index (χ2v) is 8.80. The molecule has 29 heavy (non-hydrogen) atoms. The van der Waals surface area contributed by atoms with Gasteiger partial charge in [-0.2, -0.15) is 13.9 Å². The number of carbonyl (C=O) groups excluding carboxylic acids is 2. The van der Waals surface area contributed by atoms with Gasteiger partial charge in [0.05, 0.1) is 48.7 Å². The lowest BCUT2D eigenvalue weighted by Crippen LogP contribution is -2.48. The first kappa shape index (κ1) is 21.5. The van der Waals surface area contributed by atoms with E-state index >= 15 is 0 Å². The number of aromatic nitrogens is 2. The summed E-state index contributed by atoms with van der Waals surface area (Å²) in [5, 5.41) is 4.29. The van der Waals surface area contributed by atoms with E-state index < -0.39 is 23.8 Å². The Morgan fingerprint density at radius 2 is 2.03 bits per heavy atom. The Balaban J connectivity index is 1.77. The van der Waals surface area contributed by atoms with Crippen molar-refractivity contribution in [2.24, 2.45) is 0 Å². The number of halogens is 2. The van der Waals surface area contributed by atoms with Crippen LogP contribution in [0.25, 0.3) is 0 Å². The van der Waals surface area contributed by atoms with E-state index in [0.29, 0.717) is 30.6 Å². The fourth-order valence-electron chi connectivity index (χ4n) is 3.48. The van der Waals surface area contributed by atoms with E-state index in [9.17, 15) is 18.4 Å². The highest BCUT2D eigenvalue weighted by Gasteiger charge is 2.50. The fourth-order valence-corrected chi connectivity index (χ4v) is 3.48. The molecule has 0 bridgehead atoms.